The topological polar surface area (TPSA) is 17.1 Å². The molecule has 0 aliphatic heterocycles. The molecule has 1 aromatic carbocycles. The average Bonchev–Trinajstić information content (AvgIpc) is 2.41. The molecule has 1 nitrogen and oxygen atoms in total. The first-order chi connectivity index (χ1) is 8.79. The highest BCUT2D eigenvalue weighted by Gasteiger charge is 2.15. The van der Waals surface area contributed by atoms with E-state index in [0.29, 0.717) is 12.8 Å². The number of benzene rings is 1. The first kappa shape index (κ1) is 13.1. The van der Waals surface area contributed by atoms with Crippen molar-refractivity contribution in [2.24, 2.45) is 0 Å². The predicted octanol–water partition coefficient (Wildman–Crippen LogP) is 4.42. The van der Waals surface area contributed by atoms with Crippen molar-refractivity contribution in [1.29, 1.82) is 0 Å². The molecule has 0 radical (unpaired) electrons. The molecule has 1 aromatic rings. The molecule has 0 spiro atoms. The highest BCUT2D eigenvalue weighted by atomic mass is 16.1. The number of allylic oxidation sites excluding steroid dienone is 1. The molecule has 0 unspecified atom stereocenters. The summed E-state index contributed by atoms with van der Waals surface area (Å²) in [6.45, 7) is 3.60. The van der Waals surface area contributed by atoms with Gasteiger partial charge >= 0.3 is 0 Å². The molecule has 0 atom stereocenters. The van der Waals surface area contributed by atoms with E-state index in [-0.39, 0.29) is 5.78 Å². The van der Waals surface area contributed by atoms with Gasteiger partial charge in [0, 0.05) is 12.8 Å². The molecule has 2 rings (SSSR count). The van der Waals surface area contributed by atoms with Crippen molar-refractivity contribution in [1.82, 2.24) is 0 Å². The summed E-state index contributed by atoms with van der Waals surface area (Å²) in [4.78, 5) is 11.5. The van der Waals surface area contributed by atoms with Crippen LogP contribution in [0.1, 0.15) is 55.6 Å². The predicted molar refractivity (Wildman–Crippen MR) is 75.8 cm³/mol. The first-order valence-electron chi connectivity index (χ1n) is 7.01. The second-order valence-corrected chi connectivity index (χ2v) is 5.28. The van der Waals surface area contributed by atoms with Crippen molar-refractivity contribution in [3.05, 3.63) is 48.0 Å². The summed E-state index contributed by atoms with van der Waals surface area (Å²) in [7, 11) is 0. The van der Waals surface area contributed by atoms with Crippen molar-refractivity contribution in [3.63, 3.8) is 0 Å². The van der Waals surface area contributed by atoms with Crippen LogP contribution in [0, 0.1) is 0 Å². The molecule has 0 N–H and O–H groups in total. The number of carbonyl (C=O) groups excluding carboxylic acids is 1. The third kappa shape index (κ3) is 3.56. The first-order valence-corrected chi connectivity index (χ1v) is 7.01. The third-order valence-electron chi connectivity index (χ3n) is 3.83. The number of carbonyl (C=O) groups is 1. The van der Waals surface area contributed by atoms with E-state index in [0.717, 1.165) is 11.5 Å². The molecule has 0 saturated heterocycles. The van der Waals surface area contributed by atoms with E-state index in [1.807, 2.05) is 0 Å². The lowest BCUT2D eigenvalue weighted by Crippen LogP contribution is -2.05. The summed E-state index contributed by atoms with van der Waals surface area (Å²) in [6.07, 6.45) is 9.47. The number of rotatable bonds is 5. The smallest absolute Gasteiger partial charge is 0.140 e. The number of Topliss-reactive ketones (excluding diaryl/α,β-unsaturated/α-hetero) is 1. The van der Waals surface area contributed by atoms with Crippen molar-refractivity contribution in [3.8, 4) is 0 Å². The van der Waals surface area contributed by atoms with Gasteiger partial charge in [-0.25, -0.2) is 0 Å². The van der Waals surface area contributed by atoms with Crippen LogP contribution in [0.3, 0.4) is 0 Å². The van der Waals surface area contributed by atoms with Gasteiger partial charge in [-0.3, -0.25) is 4.79 Å². The van der Waals surface area contributed by atoms with Gasteiger partial charge in [0.1, 0.15) is 5.78 Å². The van der Waals surface area contributed by atoms with E-state index < -0.39 is 0 Å². The molecular weight excluding hydrogens is 220 g/mol. The average molecular weight is 242 g/mol. The van der Waals surface area contributed by atoms with Gasteiger partial charge < -0.3 is 0 Å². The highest BCUT2D eigenvalue weighted by molar-refractivity contribution is 5.82. The Hall–Kier alpha value is -1.37. The highest BCUT2D eigenvalue weighted by Crippen LogP contribution is 2.32. The van der Waals surface area contributed by atoms with Crippen LogP contribution in [0.15, 0.2) is 36.9 Å². The maximum Gasteiger partial charge on any atom is 0.140 e. The van der Waals surface area contributed by atoms with Crippen LogP contribution >= 0.6 is 0 Å². The van der Waals surface area contributed by atoms with Crippen LogP contribution in [0.4, 0.5) is 0 Å². The van der Waals surface area contributed by atoms with Crippen molar-refractivity contribution in [2.75, 3.05) is 0 Å². The summed E-state index contributed by atoms with van der Waals surface area (Å²) >= 11 is 0. The van der Waals surface area contributed by atoms with Crippen LogP contribution in [0.25, 0.3) is 0 Å². The summed E-state index contributed by atoms with van der Waals surface area (Å²) in [5, 5.41) is 0. The van der Waals surface area contributed by atoms with E-state index in [4.69, 9.17) is 0 Å². The van der Waals surface area contributed by atoms with Crippen LogP contribution in [0.2, 0.25) is 0 Å². The Morgan fingerprint density at radius 1 is 1.17 bits per heavy atom. The van der Waals surface area contributed by atoms with Gasteiger partial charge in [-0.1, -0.05) is 49.6 Å². The fourth-order valence-electron chi connectivity index (χ4n) is 2.80. The zero-order chi connectivity index (χ0) is 12.8. The van der Waals surface area contributed by atoms with E-state index in [1.165, 1.54) is 37.7 Å². The fraction of sp³-hybridized carbons (Fsp3) is 0.471. The van der Waals surface area contributed by atoms with Crippen LogP contribution < -0.4 is 0 Å². The lowest BCUT2D eigenvalue weighted by Gasteiger charge is -2.22. The normalized spacial score (nSPS) is 16.4. The quantitative estimate of drug-likeness (QED) is 0.698. The molecule has 1 aliphatic rings. The van der Waals surface area contributed by atoms with Gasteiger partial charge in [-0.2, -0.15) is 0 Å². The maximum absolute atomic E-state index is 11.5. The summed E-state index contributed by atoms with van der Waals surface area (Å²) in [5.41, 5.74) is 2.58. The molecule has 1 heteroatoms. The Morgan fingerprint density at radius 3 is 2.44 bits per heavy atom. The van der Waals surface area contributed by atoms with Gasteiger partial charge in [0.15, 0.2) is 0 Å². The molecule has 1 saturated carbocycles. The molecule has 0 aromatic heterocycles. The van der Waals surface area contributed by atoms with Gasteiger partial charge in [-0.05, 0) is 29.9 Å². The Kier molecular flexibility index (Phi) is 4.74. The van der Waals surface area contributed by atoms with E-state index in [9.17, 15) is 4.79 Å². The van der Waals surface area contributed by atoms with Crippen LogP contribution in [-0.2, 0) is 11.2 Å². The number of ketones is 1. The van der Waals surface area contributed by atoms with Gasteiger partial charge in [0.2, 0.25) is 0 Å². The molecule has 0 amide bonds. The minimum absolute atomic E-state index is 0.246. The molecule has 1 aliphatic carbocycles. The third-order valence-corrected chi connectivity index (χ3v) is 3.83. The van der Waals surface area contributed by atoms with Crippen molar-refractivity contribution < 1.29 is 4.79 Å². The van der Waals surface area contributed by atoms with E-state index in [1.54, 1.807) is 6.08 Å². The monoisotopic (exact) mass is 242 g/mol. The summed E-state index contributed by atoms with van der Waals surface area (Å²) in [6, 6.07) is 8.66. The van der Waals surface area contributed by atoms with Crippen LogP contribution in [-0.4, -0.2) is 5.78 Å². The van der Waals surface area contributed by atoms with Gasteiger partial charge in [-0.15, -0.1) is 6.58 Å². The molecular formula is C17H22O. The lowest BCUT2D eigenvalue weighted by atomic mass is 9.84. The second kappa shape index (κ2) is 6.53. The standard InChI is InChI=1S/C17H22O/c1-2-6-17(18)13-14-9-11-16(12-10-14)15-7-4-3-5-8-15/h2,9-12,15H,1,3-8,13H2. The van der Waals surface area contributed by atoms with Crippen molar-refractivity contribution >= 4 is 5.78 Å². The Morgan fingerprint density at radius 2 is 1.83 bits per heavy atom. The van der Waals surface area contributed by atoms with Crippen molar-refractivity contribution in [2.45, 2.75) is 50.9 Å². The summed E-state index contributed by atoms with van der Waals surface area (Å²) in [5.74, 6) is 0.993. The second-order valence-electron chi connectivity index (χ2n) is 5.28. The van der Waals surface area contributed by atoms with Crippen LogP contribution in [0.5, 0.6) is 0 Å². The molecule has 0 bridgehead atoms. The van der Waals surface area contributed by atoms with Gasteiger partial charge in [0.25, 0.3) is 0 Å². The fourth-order valence-corrected chi connectivity index (χ4v) is 2.80. The zero-order valence-electron chi connectivity index (χ0n) is 11.0. The molecule has 0 heterocycles. The van der Waals surface area contributed by atoms with E-state index in [2.05, 4.69) is 30.8 Å². The Labute approximate surface area is 110 Å². The minimum atomic E-state index is 0.246. The summed E-state index contributed by atoms with van der Waals surface area (Å²) < 4.78 is 0. The number of hydrogen-bond acceptors (Lipinski definition) is 1. The van der Waals surface area contributed by atoms with Gasteiger partial charge in [0.05, 0.1) is 0 Å². The number of hydrogen-bond donors (Lipinski definition) is 0. The zero-order valence-corrected chi connectivity index (χ0v) is 11.0. The largest absolute Gasteiger partial charge is 0.299 e. The Balaban J connectivity index is 1.96. The molecule has 1 fully saturated rings. The maximum atomic E-state index is 11.5. The van der Waals surface area contributed by atoms with E-state index >= 15 is 0 Å². The lowest BCUT2D eigenvalue weighted by molar-refractivity contribution is -0.117. The Bertz CT molecular complexity index is 396. The molecule has 18 heavy (non-hydrogen) atoms. The SMILES string of the molecule is C=CCC(=O)Cc1ccc(C2CCCCC2)cc1. The minimum Gasteiger partial charge on any atom is -0.299 e. The molecule has 96 valence electrons.